The topological polar surface area (TPSA) is 46.2 Å². The number of hydrogen-bond acceptors (Lipinski definition) is 3. The first-order chi connectivity index (χ1) is 7.61. The molecule has 0 atom stereocenters. The van der Waals surface area contributed by atoms with E-state index >= 15 is 0 Å². The molecule has 0 aromatic heterocycles. The van der Waals surface area contributed by atoms with Gasteiger partial charge < -0.3 is 5.32 Å². The van der Waals surface area contributed by atoms with Gasteiger partial charge in [0.05, 0.1) is 5.69 Å². The van der Waals surface area contributed by atoms with Crippen LogP contribution in [-0.4, -0.2) is 12.2 Å². The molecule has 0 saturated carbocycles. The van der Waals surface area contributed by atoms with E-state index in [1.807, 2.05) is 13.0 Å². The predicted octanol–water partition coefficient (Wildman–Crippen LogP) is 2.84. The maximum atomic E-state index is 11.7. The van der Waals surface area contributed by atoms with Crippen LogP contribution < -0.4 is 5.32 Å². The Morgan fingerprint density at radius 2 is 2.06 bits per heavy atom. The van der Waals surface area contributed by atoms with Crippen LogP contribution in [0, 0.1) is 0 Å². The molecule has 1 aromatic rings. The molecule has 0 spiro atoms. The van der Waals surface area contributed by atoms with Crippen LogP contribution in [0.5, 0.6) is 0 Å². The van der Waals surface area contributed by atoms with Gasteiger partial charge in [-0.25, -0.2) is 0 Å². The summed E-state index contributed by atoms with van der Waals surface area (Å²) >= 11 is 1.54. The highest BCUT2D eigenvalue weighted by Crippen LogP contribution is 2.37. The van der Waals surface area contributed by atoms with Crippen molar-refractivity contribution in [1.82, 2.24) is 0 Å². The number of aldehydes is 1. The van der Waals surface area contributed by atoms with Crippen molar-refractivity contribution in [1.29, 1.82) is 0 Å². The Morgan fingerprint density at radius 3 is 2.75 bits per heavy atom. The van der Waals surface area contributed by atoms with E-state index in [2.05, 4.69) is 5.32 Å². The molecular weight excluding hydrogens is 222 g/mol. The van der Waals surface area contributed by atoms with Crippen LogP contribution in [0.3, 0.4) is 0 Å². The molecule has 82 valence electrons. The minimum absolute atomic E-state index is 0.105. The van der Waals surface area contributed by atoms with Gasteiger partial charge in [-0.15, -0.1) is 0 Å². The molecule has 0 bridgehead atoms. The zero-order valence-corrected chi connectivity index (χ0v) is 9.85. The van der Waals surface area contributed by atoms with Crippen molar-refractivity contribution < 1.29 is 9.59 Å². The fraction of sp³-hybridized carbons (Fsp3) is 0.167. The van der Waals surface area contributed by atoms with E-state index in [0.717, 1.165) is 16.1 Å². The van der Waals surface area contributed by atoms with Gasteiger partial charge in [-0.3, -0.25) is 9.59 Å². The van der Waals surface area contributed by atoms with Gasteiger partial charge in [0.1, 0.15) is 6.29 Å². The molecule has 3 nitrogen and oxygen atoms in total. The summed E-state index contributed by atoms with van der Waals surface area (Å²) in [5.74, 6) is -0.105. The summed E-state index contributed by atoms with van der Waals surface area (Å²) in [7, 11) is 0. The van der Waals surface area contributed by atoms with Crippen molar-refractivity contribution >= 4 is 29.6 Å². The summed E-state index contributed by atoms with van der Waals surface area (Å²) in [4.78, 5) is 24.3. The van der Waals surface area contributed by atoms with Crippen molar-refractivity contribution in [2.75, 3.05) is 5.32 Å². The SMILES string of the molecule is CC1=C(C)C(=O)Nc2cc(C=O)ccc2S1. The standard InChI is InChI=1S/C12H11NO2S/c1-7-8(2)16-11-4-3-9(6-14)5-10(11)13-12(7)15/h3-6H,1-2H3,(H,13,15). The number of anilines is 1. The summed E-state index contributed by atoms with van der Waals surface area (Å²) in [5, 5.41) is 2.80. The van der Waals surface area contributed by atoms with Gasteiger partial charge in [0.15, 0.2) is 0 Å². The molecule has 0 aliphatic carbocycles. The van der Waals surface area contributed by atoms with Crippen LogP contribution in [0.25, 0.3) is 0 Å². The van der Waals surface area contributed by atoms with E-state index in [1.165, 1.54) is 0 Å². The van der Waals surface area contributed by atoms with Gasteiger partial charge in [0.2, 0.25) is 0 Å². The van der Waals surface area contributed by atoms with E-state index in [0.29, 0.717) is 16.8 Å². The van der Waals surface area contributed by atoms with Crippen molar-refractivity contribution in [3.05, 3.63) is 34.2 Å². The third kappa shape index (κ3) is 1.88. The van der Waals surface area contributed by atoms with Gasteiger partial charge in [-0.05, 0) is 30.9 Å². The van der Waals surface area contributed by atoms with Crippen LogP contribution in [-0.2, 0) is 4.79 Å². The number of benzene rings is 1. The van der Waals surface area contributed by atoms with Gasteiger partial charge in [-0.2, -0.15) is 0 Å². The number of nitrogens with one attached hydrogen (secondary N) is 1. The number of carbonyl (C=O) groups excluding carboxylic acids is 2. The minimum Gasteiger partial charge on any atom is -0.321 e. The lowest BCUT2D eigenvalue weighted by Gasteiger charge is -2.06. The lowest BCUT2D eigenvalue weighted by Crippen LogP contribution is -2.12. The largest absolute Gasteiger partial charge is 0.321 e. The third-order valence-corrected chi connectivity index (χ3v) is 3.71. The van der Waals surface area contributed by atoms with Crippen LogP contribution in [0.2, 0.25) is 0 Å². The number of hydrogen-bond donors (Lipinski definition) is 1. The minimum atomic E-state index is -0.105. The summed E-state index contributed by atoms with van der Waals surface area (Å²) in [6.07, 6.45) is 0.773. The first-order valence-electron chi connectivity index (χ1n) is 4.87. The fourth-order valence-electron chi connectivity index (χ4n) is 1.43. The van der Waals surface area contributed by atoms with Gasteiger partial charge in [0.25, 0.3) is 5.91 Å². The molecule has 0 radical (unpaired) electrons. The Labute approximate surface area is 97.9 Å². The summed E-state index contributed by atoms with van der Waals surface area (Å²) in [6.45, 7) is 3.71. The summed E-state index contributed by atoms with van der Waals surface area (Å²) < 4.78 is 0. The summed E-state index contributed by atoms with van der Waals surface area (Å²) in [6, 6.07) is 5.30. The second-order valence-corrected chi connectivity index (χ2v) is 4.87. The number of fused-ring (bicyclic) bond motifs is 1. The highest BCUT2D eigenvalue weighted by molar-refractivity contribution is 8.03. The van der Waals surface area contributed by atoms with Crippen LogP contribution in [0.4, 0.5) is 5.69 Å². The van der Waals surface area contributed by atoms with E-state index < -0.39 is 0 Å². The Hall–Kier alpha value is -1.55. The van der Waals surface area contributed by atoms with Gasteiger partial charge >= 0.3 is 0 Å². The van der Waals surface area contributed by atoms with Gasteiger partial charge in [0, 0.05) is 16.0 Å². The second-order valence-electron chi connectivity index (χ2n) is 3.61. The van der Waals surface area contributed by atoms with E-state index in [9.17, 15) is 9.59 Å². The molecule has 0 unspecified atom stereocenters. The Bertz CT molecular complexity index is 506. The highest BCUT2D eigenvalue weighted by atomic mass is 32.2. The highest BCUT2D eigenvalue weighted by Gasteiger charge is 2.17. The molecule has 0 fully saturated rings. The predicted molar refractivity (Wildman–Crippen MR) is 64.7 cm³/mol. The van der Waals surface area contributed by atoms with Crippen molar-refractivity contribution in [3.8, 4) is 0 Å². The molecule has 1 heterocycles. The van der Waals surface area contributed by atoms with E-state index in [-0.39, 0.29) is 5.91 Å². The lowest BCUT2D eigenvalue weighted by molar-refractivity contribution is -0.112. The zero-order valence-electron chi connectivity index (χ0n) is 9.03. The van der Waals surface area contributed by atoms with Crippen molar-refractivity contribution in [3.63, 3.8) is 0 Å². The molecule has 0 saturated heterocycles. The first-order valence-corrected chi connectivity index (χ1v) is 5.69. The molecule has 16 heavy (non-hydrogen) atoms. The second kappa shape index (κ2) is 4.14. The number of rotatable bonds is 1. The fourth-order valence-corrected chi connectivity index (χ4v) is 2.36. The van der Waals surface area contributed by atoms with Gasteiger partial charge in [-0.1, -0.05) is 17.8 Å². The molecule has 1 N–H and O–H groups in total. The Kier molecular flexibility index (Phi) is 2.83. The molecule has 1 aliphatic heterocycles. The first kappa shape index (κ1) is 11.0. The smallest absolute Gasteiger partial charge is 0.252 e. The quantitative estimate of drug-likeness (QED) is 0.759. The molecule has 4 heteroatoms. The Balaban J connectivity index is 2.50. The molecule has 2 rings (SSSR count). The number of allylic oxidation sites excluding steroid dienone is 1. The Morgan fingerprint density at radius 1 is 1.31 bits per heavy atom. The number of amides is 1. The third-order valence-electron chi connectivity index (χ3n) is 2.52. The lowest BCUT2D eigenvalue weighted by atomic mass is 10.2. The average molecular weight is 233 g/mol. The zero-order chi connectivity index (χ0) is 11.7. The average Bonchev–Trinajstić information content (AvgIpc) is 2.38. The number of carbonyl (C=O) groups is 2. The van der Waals surface area contributed by atoms with E-state index in [1.54, 1.807) is 30.8 Å². The molecule has 1 aromatic carbocycles. The van der Waals surface area contributed by atoms with Crippen LogP contribution in [0.1, 0.15) is 24.2 Å². The molecule has 1 amide bonds. The van der Waals surface area contributed by atoms with Crippen molar-refractivity contribution in [2.24, 2.45) is 0 Å². The maximum absolute atomic E-state index is 11.7. The maximum Gasteiger partial charge on any atom is 0.252 e. The van der Waals surface area contributed by atoms with Crippen LogP contribution in [0.15, 0.2) is 33.6 Å². The normalized spacial score (nSPS) is 15.2. The van der Waals surface area contributed by atoms with Crippen LogP contribution >= 0.6 is 11.8 Å². The molecular formula is C12H11NO2S. The van der Waals surface area contributed by atoms with E-state index in [4.69, 9.17) is 0 Å². The van der Waals surface area contributed by atoms with Crippen molar-refractivity contribution in [2.45, 2.75) is 18.7 Å². The molecule has 1 aliphatic rings. The number of thioether (sulfide) groups is 1. The monoisotopic (exact) mass is 233 g/mol. The summed E-state index contributed by atoms with van der Waals surface area (Å²) in [5.41, 5.74) is 1.99.